The Morgan fingerprint density at radius 2 is 1.25 bits per heavy atom. The molecule has 0 atom stereocenters. The number of nitrogens with zero attached hydrogens (tertiary/aromatic N) is 1. The molecule has 0 heterocycles. The molecular weight excluding hydrogens is 458 g/mol. The lowest BCUT2D eigenvalue weighted by Gasteiger charge is -2.36. The largest absolute Gasteiger partial charge is 0.192 e. The molecule has 3 aliphatic rings. The van der Waals surface area contributed by atoms with E-state index in [1.807, 2.05) is 6.07 Å². The average Bonchev–Trinajstić information content (AvgIpc) is 3.29. The van der Waals surface area contributed by atoms with Crippen LogP contribution in [0.4, 0.5) is 0 Å². The first-order chi connectivity index (χ1) is 17.4. The summed E-state index contributed by atoms with van der Waals surface area (Å²) in [5.41, 5.74) is 13.9. The lowest BCUT2D eigenvalue weighted by molar-refractivity contribution is 0.353. The van der Waals surface area contributed by atoms with Gasteiger partial charge in [0.25, 0.3) is 0 Å². The third kappa shape index (κ3) is 2.89. The number of halogens is 1. The number of fused-ring (bicyclic) bond motifs is 8. The van der Waals surface area contributed by atoms with Gasteiger partial charge < -0.3 is 0 Å². The van der Waals surface area contributed by atoms with E-state index in [0.29, 0.717) is 0 Å². The Bertz CT molecular complexity index is 1610. The first kappa shape index (κ1) is 21.9. The zero-order valence-electron chi connectivity index (χ0n) is 20.8. The fraction of sp³-hybridized carbons (Fsp3) is 0.265. The van der Waals surface area contributed by atoms with E-state index < -0.39 is 0 Å². The summed E-state index contributed by atoms with van der Waals surface area (Å²) in [5.74, 6) is 0. The monoisotopic (exact) mass is 485 g/mol. The molecule has 3 aliphatic carbocycles. The molecular formula is C34H28ClN. The molecule has 0 N–H and O–H groups in total. The Morgan fingerprint density at radius 3 is 2.00 bits per heavy atom. The van der Waals surface area contributed by atoms with Gasteiger partial charge in [0, 0.05) is 15.9 Å². The number of nitriles is 1. The molecule has 0 aliphatic heterocycles. The number of benzene rings is 4. The van der Waals surface area contributed by atoms with Gasteiger partial charge in [-0.25, -0.2) is 0 Å². The molecule has 0 unspecified atom stereocenters. The van der Waals surface area contributed by atoms with Crippen LogP contribution in [-0.2, 0) is 10.8 Å². The van der Waals surface area contributed by atoms with Crippen LogP contribution in [0.1, 0.15) is 73.8 Å². The van der Waals surface area contributed by atoms with Crippen LogP contribution in [0.2, 0.25) is 5.02 Å². The van der Waals surface area contributed by atoms with Crippen molar-refractivity contribution in [3.8, 4) is 39.4 Å². The lowest BCUT2D eigenvalue weighted by Crippen LogP contribution is -2.27. The maximum atomic E-state index is 9.45. The summed E-state index contributed by atoms with van der Waals surface area (Å²) in [6.45, 7) is 4.55. The highest BCUT2D eigenvalue weighted by Gasteiger charge is 2.44. The van der Waals surface area contributed by atoms with Gasteiger partial charge in [-0.3, -0.25) is 0 Å². The van der Waals surface area contributed by atoms with Gasteiger partial charge in [-0.15, -0.1) is 0 Å². The van der Waals surface area contributed by atoms with Gasteiger partial charge in [0.15, 0.2) is 0 Å². The zero-order chi connectivity index (χ0) is 24.7. The summed E-state index contributed by atoms with van der Waals surface area (Å²) in [7, 11) is 0. The number of rotatable bonds is 1. The number of hydrogen-bond acceptors (Lipinski definition) is 1. The van der Waals surface area contributed by atoms with E-state index in [1.165, 1.54) is 87.7 Å². The third-order valence-electron chi connectivity index (χ3n) is 9.17. The van der Waals surface area contributed by atoms with Crippen LogP contribution in [0, 0.1) is 11.3 Å². The van der Waals surface area contributed by atoms with Crippen molar-refractivity contribution in [1.29, 1.82) is 5.26 Å². The molecule has 36 heavy (non-hydrogen) atoms. The van der Waals surface area contributed by atoms with Crippen molar-refractivity contribution in [1.82, 2.24) is 0 Å². The molecule has 176 valence electrons. The normalized spacial score (nSPS) is 17.7. The molecule has 1 fully saturated rings. The Labute approximate surface area is 218 Å². The summed E-state index contributed by atoms with van der Waals surface area (Å²) in [4.78, 5) is 0. The first-order valence-corrected chi connectivity index (χ1v) is 13.4. The van der Waals surface area contributed by atoms with Crippen LogP contribution < -0.4 is 0 Å². The number of hydrogen-bond donors (Lipinski definition) is 0. The van der Waals surface area contributed by atoms with E-state index in [0.717, 1.165) is 10.6 Å². The summed E-state index contributed by atoms with van der Waals surface area (Å²) >= 11 is 6.52. The highest BCUT2D eigenvalue weighted by atomic mass is 35.5. The van der Waals surface area contributed by atoms with E-state index >= 15 is 0 Å². The van der Waals surface area contributed by atoms with Crippen LogP contribution in [0.25, 0.3) is 33.4 Å². The van der Waals surface area contributed by atoms with Crippen LogP contribution in [0.3, 0.4) is 0 Å². The summed E-state index contributed by atoms with van der Waals surface area (Å²) in [6.07, 6.45) is 6.36. The Hall–Kier alpha value is -3.34. The molecule has 0 saturated heterocycles. The van der Waals surface area contributed by atoms with Crippen molar-refractivity contribution < 1.29 is 0 Å². The van der Waals surface area contributed by atoms with Gasteiger partial charge in [-0.2, -0.15) is 5.26 Å². The topological polar surface area (TPSA) is 23.8 Å². The van der Waals surface area contributed by atoms with Crippen molar-refractivity contribution in [3.05, 3.63) is 106 Å². The Kier molecular flexibility index (Phi) is 4.61. The smallest absolute Gasteiger partial charge is 0.0991 e. The van der Waals surface area contributed by atoms with E-state index in [9.17, 15) is 5.26 Å². The molecule has 2 heteroatoms. The molecule has 0 amide bonds. The fourth-order valence-electron chi connectivity index (χ4n) is 7.35. The SMILES string of the molecule is CC1(C)c2cc(C#N)ccc2-c2ccc(-c3ccc4c(c3)-c3cc(Cl)ccc3C43CCCCC3)cc21. The average molecular weight is 486 g/mol. The van der Waals surface area contributed by atoms with E-state index in [1.54, 1.807) is 0 Å². The predicted molar refractivity (Wildman–Crippen MR) is 148 cm³/mol. The molecule has 0 radical (unpaired) electrons. The molecule has 1 saturated carbocycles. The first-order valence-electron chi connectivity index (χ1n) is 13.1. The van der Waals surface area contributed by atoms with Crippen LogP contribution in [-0.4, -0.2) is 0 Å². The maximum Gasteiger partial charge on any atom is 0.0991 e. The van der Waals surface area contributed by atoms with Gasteiger partial charge in [0.05, 0.1) is 11.6 Å². The molecule has 1 spiro atoms. The maximum absolute atomic E-state index is 9.45. The second-order valence-corrected chi connectivity index (χ2v) is 11.8. The molecule has 0 bridgehead atoms. The lowest BCUT2D eigenvalue weighted by atomic mass is 9.68. The Balaban J connectivity index is 1.37. The molecule has 1 nitrogen and oxygen atoms in total. The quantitative estimate of drug-likeness (QED) is 0.263. The minimum Gasteiger partial charge on any atom is -0.192 e. The van der Waals surface area contributed by atoms with E-state index in [4.69, 9.17) is 11.6 Å². The van der Waals surface area contributed by atoms with Gasteiger partial charge >= 0.3 is 0 Å². The predicted octanol–water partition coefficient (Wildman–Crippen LogP) is 9.42. The molecule has 4 aromatic carbocycles. The van der Waals surface area contributed by atoms with Crippen molar-refractivity contribution in [2.45, 2.75) is 56.8 Å². The summed E-state index contributed by atoms with van der Waals surface area (Å²) in [6, 6.07) is 29.0. The van der Waals surface area contributed by atoms with Gasteiger partial charge in [0.2, 0.25) is 0 Å². The summed E-state index contributed by atoms with van der Waals surface area (Å²) in [5, 5.41) is 10.3. The summed E-state index contributed by atoms with van der Waals surface area (Å²) < 4.78 is 0. The second-order valence-electron chi connectivity index (χ2n) is 11.4. The van der Waals surface area contributed by atoms with Crippen LogP contribution in [0.5, 0.6) is 0 Å². The van der Waals surface area contributed by atoms with Gasteiger partial charge in [0.1, 0.15) is 0 Å². The minimum absolute atomic E-state index is 0.142. The fourth-order valence-corrected chi connectivity index (χ4v) is 7.52. The van der Waals surface area contributed by atoms with Crippen molar-refractivity contribution in [3.63, 3.8) is 0 Å². The van der Waals surface area contributed by atoms with Crippen molar-refractivity contribution in [2.75, 3.05) is 0 Å². The van der Waals surface area contributed by atoms with E-state index in [2.05, 4.69) is 86.6 Å². The van der Waals surface area contributed by atoms with Crippen LogP contribution >= 0.6 is 11.6 Å². The zero-order valence-corrected chi connectivity index (χ0v) is 21.5. The van der Waals surface area contributed by atoms with Gasteiger partial charge in [-0.1, -0.05) is 81.1 Å². The molecule has 7 rings (SSSR count). The van der Waals surface area contributed by atoms with Crippen molar-refractivity contribution >= 4 is 11.6 Å². The van der Waals surface area contributed by atoms with E-state index in [-0.39, 0.29) is 10.8 Å². The Morgan fingerprint density at radius 1 is 0.639 bits per heavy atom. The highest BCUT2D eigenvalue weighted by molar-refractivity contribution is 6.31. The molecule has 4 aromatic rings. The minimum atomic E-state index is -0.142. The van der Waals surface area contributed by atoms with Crippen LogP contribution in [0.15, 0.2) is 72.8 Å². The highest BCUT2D eigenvalue weighted by Crippen LogP contribution is 2.57. The standard InChI is InChI=1S/C34H28ClN/c1-33(2)31-16-21(20-36)6-10-25(31)26-11-7-23(18-32(26)33)22-8-12-29-27(17-22)28-19-24(35)9-13-30(28)34(29)14-4-3-5-15-34/h6-13,16-19H,3-5,14-15H2,1-2H3. The second kappa shape index (κ2) is 7.58. The van der Waals surface area contributed by atoms with Crippen molar-refractivity contribution in [2.24, 2.45) is 0 Å². The molecule has 0 aromatic heterocycles. The van der Waals surface area contributed by atoms with Gasteiger partial charge in [-0.05, 0) is 105 Å². The third-order valence-corrected chi connectivity index (χ3v) is 9.40.